The Hall–Kier alpha value is -3.81. The molecule has 190 valence electrons. The van der Waals surface area contributed by atoms with E-state index in [4.69, 9.17) is 4.74 Å². The number of hydrogen-bond acceptors (Lipinski definition) is 4. The second-order valence-electron chi connectivity index (χ2n) is 10.0. The Morgan fingerprint density at radius 2 is 1.81 bits per heavy atom. The van der Waals surface area contributed by atoms with Crippen molar-refractivity contribution >= 4 is 17.8 Å². The lowest BCUT2D eigenvalue weighted by Gasteiger charge is -2.35. The third-order valence-electron chi connectivity index (χ3n) is 6.61. The summed E-state index contributed by atoms with van der Waals surface area (Å²) in [5, 5.41) is 5.94. The van der Waals surface area contributed by atoms with Crippen LogP contribution in [-0.4, -0.2) is 52.8 Å². The van der Waals surface area contributed by atoms with Crippen molar-refractivity contribution < 1.29 is 19.1 Å². The molecule has 0 saturated heterocycles. The Kier molecular flexibility index (Phi) is 7.06. The quantitative estimate of drug-likeness (QED) is 0.580. The molecule has 1 atom stereocenters. The van der Waals surface area contributed by atoms with Gasteiger partial charge in [0.15, 0.2) is 0 Å². The zero-order valence-electron chi connectivity index (χ0n) is 21.5. The summed E-state index contributed by atoms with van der Waals surface area (Å²) in [6.45, 7) is 10.5. The molecule has 8 nitrogen and oxygen atoms in total. The van der Waals surface area contributed by atoms with E-state index in [1.165, 1.54) is 0 Å². The molecule has 2 N–H and O–H groups in total. The third-order valence-corrected chi connectivity index (χ3v) is 6.61. The molecule has 4 amide bonds. The van der Waals surface area contributed by atoms with Gasteiger partial charge < -0.3 is 20.3 Å². The molecule has 0 radical (unpaired) electrons. The predicted octanol–water partition coefficient (Wildman–Crippen LogP) is 4.21. The summed E-state index contributed by atoms with van der Waals surface area (Å²) in [5.74, 6) is 1.10. The van der Waals surface area contributed by atoms with Crippen molar-refractivity contribution in [1.82, 2.24) is 20.4 Å². The SMILES string of the molecule is CCN1C(=O)N[C@@H](c2cccc(Oc3ccccc3)c2)C2=C1CN(C(C)(C)C(=O)NCC(C)C)C2=O. The molecule has 4 rings (SSSR count). The summed E-state index contributed by atoms with van der Waals surface area (Å²) in [6, 6.07) is 15.9. The summed E-state index contributed by atoms with van der Waals surface area (Å²) in [7, 11) is 0. The highest BCUT2D eigenvalue weighted by molar-refractivity contribution is 6.04. The molecule has 2 aromatic carbocycles. The lowest BCUT2D eigenvalue weighted by molar-refractivity contribution is -0.141. The first-order chi connectivity index (χ1) is 17.1. The molecule has 2 aromatic rings. The normalized spacial score (nSPS) is 17.9. The van der Waals surface area contributed by atoms with Gasteiger partial charge in [0.05, 0.1) is 23.9 Å². The van der Waals surface area contributed by atoms with Gasteiger partial charge in [-0.05, 0) is 56.5 Å². The first-order valence-corrected chi connectivity index (χ1v) is 12.4. The van der Waals surface area contributed by atoms with Crippen LogP contribution in [-0.2, 0) is 9.59 Å². The topological polar surface area (TPSA) is 91.0 Å². The fraction of sp³-hybridized carbons (Fsp3) is 0.393. The van der Waals surface area contributed by atoms with E-state index in [-0.39, 0.29) is 30.3 Å². The van der Waals surface area contributed by atoms with Crippen molar-refractivity contribution in [2.45, 2.75) is 46.2 Å². The number of carbonyl (C=O) groups excluding carboxylic acids is 3. The summed E-state index contributed by atoms with van der Waals surface area (Å²) < 4.78 is 5.98. The van der Waals surface area contributed by atoms with E-state index in [1.54, 1.807) is 23.6 Å². The number of ether oxygens (including phenoxy) is 1. The van der Waals surface area contributed by atoms with Gasteiger partial charge in [-0.25, -0.2) is 4.79 Å². The Morgan fingerprint density at radius 3 is 2.47 bits per heavy atom. The van der Waals surface area contributed by atoms with Crippen molar-refractivity contribution in [1.29, 1.82) is 0 Å². The van der Waals surface area contributed by atoms with E-state index < -0.39 is 11.6 Å². The van der Waals surface area contributed by atoms with Gasteiger partial charge in [0.25, 0.3) is 5.91 Å². The maximum absolute atomic E-state index is 13.8. The van der Waals surface area contributed by atoms with E-state index in [9.17, 15) is 14.4 Å². The number of benzene rings is 2. The minimum Gasteiger partial charge on any atom is -0.457 e. The first kappa shape index (κ1) is 25.3. The van der Waals surface area contributed by atoms with Crippen LogP contribution in [0.2, 0.25) is 0 Å². The van der Waals surface area contributed by atoms with Crippen molar-refractivity contribution in [3.63, 3.8) is 0 Å². The van der Waals surface area contributed by atoms with Gasteiger partial charge in [-0.1, -0.05) is 44.2 Å². The maximum atomic E-state index is 13.8. The Labute approximate surface area is 212 Å². The predicted molar refractivity (Wildman–Crippen MR) is 137 cm³/mol. The molecular formula is C28H34N4O4. The van der Waals surface area contributed by atoms with Gasteiger partial charge in [0.1, 0.15) is 17.0 Å². The first-order valence-electron chi connectivity index (χ1n) is 12.4. The van der Waals surface area contributed by atoms with Crippen LogP contribution in [0.15, 0.2) is 65.9 Å². The second kappa shape index (κ2) is 10.0. The number of urea groups is 1. The highest BCUT2D eigenvalue weighted by Crippen LogP contribution is 2.39. The summed E-state index contributed by atoms with van der Waals surface area (Å²) in [6.07, 6.45) is 0. The second-order valence-corrected chi connectivity index (χ2v) is 10.0. The van der Waals surface area contributed by atoms with Gasteiger partial charge in [-0.2, -0.15) is 0 Å². The number of hydrogen-bond donors (Lipinski definition) is 2. The molecule has 0 fully saturated rings. The van der Waals surface area contributed by atoms with Crippen LogP contribution >= 0.6 is 0 Å². The van der Waals surface area contributed by atoms with Gasteiger partial charge in [0.2, 0.25) is 5.91 Å². The standard InChI is InChI=1S/C28H34N4O4/c1-6-31-22-17-32(28(4,5)26(34)29-16-18(2)3)25(33)23(22)24(30-27(31)35)19-11-10-14-21(15-19)36-20-12-8-7-9-13-20/h7-15,18,24H,6,16-17H2,1-5H3,(H,29,34)(H,30,35)/t24-/m0/s1. The molecule has 2 aliphatic rings. The molecule has 2 aliphatic heterocycles. The Bertz CT molecular complexity index is 1190. The number of nitrogens with zero attached hydrogens (tertiary/aromatic N) is 2. The summed E-state index contributed by atoms with van der Waals surface area (Å²) >= 11 is 0. The maximum Gasteiger partial charge on any atom is 0.322 e. The monoisotopic (exact) mass is 490 g/mol. The molecule has 2 heterocycles. The minimum absolute atomic E-state index is 0.189. The molecule has 0 aromatic heterocycles. The molecule has 36 heavy (non-hydrogen) atoms. The molecular weight excluding hydrogens is 456 g/mol. The van der Waals surface area contributed by atoms with Crippen molar-refractivity contribution in [2.24, 2.45) is 5.92 Å². The molecule has 0 spiro atoms. The number of rotatable bonds is 8. The number of carbonyl (C=O) groups is 3. The summed E-state index contributed by atoms with van der Waals surface area (Å²) in [5.41, 5.74) is 0.764. The average Bonchev–Trinajstić information content (AvgIpc) is 3.20. The van der Waals surface area contributed by atoms with Crippen LogP contribution in [0.4, 0.5) is 4.79 Å². The highest BCUT2D eigenvalue weighted by Gasteiger charge is 2.49. The number of likely N-dealkylation sites (N-methyl/N-ethyl adjacent to an activating group) is 1. The zero-order chi connectivity index (χ0) is 26.0. The van der Waals surface area contributed by atoms with E-state index in [0.717, 1.165) is 5.56 Å². The van der Waals surface area contributed by atoms with Crippen LogP contribution in [0.1, 0.15) is 46.2 Å². The fourth-order valence-corrected chi connectivity index (χ4v) is 4.55. The van der Waals surface area contributed by atoms with E-state index >= 15 is 0 Å². The lowest BCUT2D eigenvalue weighted by atomic mass is 9.95. The van der Waals surface area contributed by atoms with Crippen LogP contribution < -0.4 is 15.4 Å². The fourth-order valence-electron chi connectivity index (χ4n) is 4.55. The van der Waals surface area contributed by atoms with E-state index in [2.05, 4.69) is 10.6 Å². The largest absolute Gasteiger partial charge is 0.457 e. The molecule has 8 heteroatoms. The van der Waals surface area contributed by atoms with Crippen LogP contribution in [0.3, 0.4) is 0 Å². The van der Waals surface area contributed by atoms with Crippen LogP contribution in [0, 0.1) is 5.92 Å². The Balaban J connectivity index is 1.66. The van der Waals surface area contributed by atoms with E-state index in [1.807, 2.05) is 75.4 Å². The zero-order valence-corrected chi connectivity index (χ0v) is 21.5. The average molecular weight is 491 g/mol. The lowest BCUT2D eigenvalue weighted by Crippen LogP contribution is -2.56. The van der Waals surface area contributed by atoms with Crippen LogP contribution in [0.5, 0.6) is 11.5 Å². The highest BCUT2D eigenvalue weighted by atomic mass is 16.5. The third kappa shape index (κ3) is 4.80. The number of para-hydroxylation sites is 1. The van der Waals surface area contributed by atoms with Crippen molar-refractivity contribution in [3.8, 4) is 11.5 Å². The Morgan fingerprint density at radius 1 is 1.11 bits per heavy atom. The molecule has 0 saturated carbocycles. The molecule has 0 aliphatic carbocycles. The van der Waals surface area contributed by atoms with Crippen molar-refractivity contribution in [2.75, 3.05) is 19.6 Å². The van der Waals surface area contributed by atoms with Gasteiger partial charge in [-0.15, -0.1) is 0 Å². The molecule has 0 bridgehead atoms. The van der Waals surface area contributed by atoms with Gasteiger partial charge in [0, 0.05) is 13.1 Å². The molecule has 0 unspecified atom stereocenters. The van der Waals surface area contributed by atoms with Gasteiger partial charge in [-0.3, -0.25) is 14.5 Å². The van der Waals surface area contributed by atoms with Gasteiger partial charge >= 0.3 is 6.03 Å². The van der Waals surface area contributed by atoms with E-state index in [0.29, 0.717) is 35.9 Å². The number of nitrogens with one attached hydrogen (secondary N) is 2. The van der Waals surface area contributed by atoms with Crippen LogP contribution in [0.25, 0.3) is 0 Å². The summed E-state index contributed by atoms with van der Waals surface area (Å²) in [4.78, 5) is 43.1. The minimum atomic E-state index is -1.09. The smallest absolute Gasteiger partial charge is 0.322 e. The number of amides is 4. The van der Waals surface area contributed by atoms with Crippen molar-refractivity contribution in [3.05, 3.63) is 71.4 Å².